The summed E-state index contributed by atoms with van der Waals surface area (Å²) in [5.74, 6) is 0.391. The fourth-order valence-electron chi connectivity index (χ4n) is 3.88. The molecule has 1 aromatic rings. The number of aryl methyl sites for hydroxylation is 1. The number of aliphatic carboxylic acids is 1. The van der Waals surface area contributed by atoms with Crippen LogP contribution in [0, 0.1) is 17.3 Å². The van der Waals surface area contributed by atoms with E-state index in [2.05, 4.69) is 5.10 Å². The molecule has 1 heterocycles. The second-order valence-corrected chi connectivity index (χ2v) is 5.70. The van der Waals surface area contributed by atoms with Crippen molar-refractivity contribution >= 4 is 5.97 Å². The summed E-state index contributed by atoms with van der Waals surface area (Å²) in [6.45, 7) is 0. The van der Waals surface area contributed by atoms with Crippen LogP contribution in [0.2, 0.25) is 0 Å². The van der Waals surface area contributed by atoms with Crippen molar-refractivity contribution in [3.63, 3.8) is 0 Å². The fraction of sp³-hybridized carbons (Fsp3) is 0.692. The quantitative estimate of drug-likeness (QED) is 0.868. The maximum absolute atomic E-state index is 11.7. The average molecular weight is 234 g/mol. The lowest BCUT2D eigenvalue weighted by atomic mass is 9.70. The van der Waals surface area contributed by atoms with E-state index in [-0.39, 0.29) is 0 Å². The van der Waals surface area contributed by atoms with Crippen molar-refractivity contribution in [2.24, 2.45) is 24.3 Å². The molecule has 0 spiro atoms. The highest BCUT2D eigenvalue weighted by atomic mass is 16.4. The van der Waals surface area contributed by atoms with Crippen molar-refractivity contribution in [2.75, 3.05) is 0 Å². The molecule has 3 atom stereocenters. The van der Waals surface area contributed by atoms with E-state index in [1.54, 1.807) is 4.68 Å². The van der Waals surface area contributed by atoms with Gasteiger partial charge in [-0.1, -0.05) is 6.42 Å². The number of carboxylic acid groups (broad SMARTS) is 1. The zero-order valence-corrected chi connectivity index (χ0v) is 10.1. The molecule has 17 heavy (non-hydrogen) atoms. The average Bonchev–Trinajstić information content (AvgIpc) is 2.94. The van der Waals surface area contributed by atoms with Crippen LogP contribution in [0.4, 0.5) is 0 Å². The minimum atomic E-state index is -0.615. The normalized spacial score (nSPS) is 35.4. The third kappa shape index (κ3) is 1.58. The van der Waals surface area contributed by atoms with E-state index in [4.69, 9.17) is 0 Å². The maximum Gasteiger partial charge on any atom is 0.310 e. The van der Waals surface area contributed by atoms with E-state index in [0.29, 0.717) is 18.3 Å². The van der Waals surface area contributed by atoms with Gasteiger partial charge in [-0.05, 0) is 37.2 Å². The van der Waals surface area contributed by atoms with Gasteiger partial charge in [0, 0.05) is 19.7 Å². The van der Waals surface area contributed by atoms with Crippen LogP contribution in [0.1, 0.15) is 31.4 Å². The molecule has 2 aliphatic carbocycles. The van der Waals surface area contributed by atoms with E-state index in [1.807, 2.05) is 19.3 Å². The van der Waals surface area contributed by atoms with Gasteiger partial charge in [-0.3, -0.25) is 9.48 Å². The number of carbonyl (C=O) groups is 1. The summed E-state index contributed by atoms with van der Waals surface area (Å²) >= 11 is 0. The smallest absolute Gasteiger partial charge is 0.310 e. The predicted molar refractivity (Wildman–Crippen MR) is 62.4 cm³/mol. The molecule has 2 saturated carbocycles. The van der Waals surface area contributed by atoms with Gasteiger partial charge in [-0.25, -0.2) is 0 Å². The second-order valence-electron chi connectivity index (χ2n) is 5.70. The molecule has 92 valence electrons. The Morgan fingerprint density at radius 1 is 1.65 bits per heavy atom. The Hall–Kier alpha value is -1.32. The van der Waals surface area contributed by atoms with Crippen molar-refractivity contribution in [2.45, 2.75) is 32.1 Å². The van der Waals surface area contributed by atoms with Crippen LogP contribution in [0.25, 0.3) is 0 Å². The first kappa shape index (κ1) is 10.8. The molecule has 1 aromatic heterocycles. The molecule has 2 fully saturated rings. The summed E-state index contributed by atoms with van der Waals surface area (Å²) in [7, 11) is 1.87. The van der Waals surface area contributed by atoms with Crippen LogP contribution in [0.15, 0.2) is 12.3 Å². The summed E-state index contributed by atoms with van der Waals surface area (Å²) in [6, 6.07) is 1.94. The van der Waals surface area contributed by atoms with Gasteiger partial charge < -0.3 is 5.11 Å². The Morgan fingerprint density at radius 3 is 2.94 bits per heavy atom. The molecule has 0 aromatic carbocycles. The number of hydrogen-bond acceptors (Lipinski definition) is 2. The first-order chi connectivity index (χ1) is 8.10. The van der Waals surface area contributed by atoms with Gasteiger partial charge in [0.15, 0.2) is 0 Å². The van der Waals surface area contributed by atoms with Crippen molar-refractivity contribution in [1.29, 1.82) is 0 Å². The van der Waals surface area contributed by atoms with E-state index in [1.165, 1.54) is 6.42 Å². The topological polar surface area (TPSA) is 55.1 Å². The number of fused-ring (bicyclic) bond motifs is 2. The van der Waals surface area contributed by atoms with Gasteiger partial charge in [0.25, 0.3) is 0 Å². The Bertz CT molecular complexity index is 454. The van der Waals surface area contributed by atoms with E-state index in [0.717, 1.165) is 25.0 Å². The van der Waals surface area contributed by atoms with Crippen LogP contribution >= 0.6 is 0 Å². The summed E-state index contributed by atoms with van der Waals surface area (Å²) in [5.41, 5.74) is 0.388. The Kier molecular flexibility index (Phi) is 2.28. The third-order valence-electron chi connectivity index (χ3n) is 4.67. The molecule has 3 rings (SSSR count). The van der Waals surface area contributed by atoms with E-state index in [9.17, 15) is 9.90 Å². The van der Waals surface area contributed by atoms with Gasteiger partial charge in [0.1, 0.15) is 0 Å². The zero-order chi connectivity index (χ0) is 12.0. The number of aromatic nitrogens is 2. The van der Waals surface area contributed by atoms with Crippen LogP contribution in [-0.4, -0.2) is 20.9 Å². The van der Waals surface area contributed by atoms with Crippen LogP contribution in [0.3, 0.4) is 0 Å². The van der Waals surface area contributed by atoms with Crippen LogP contribution in [0.5, 0.6) is 0 Å². The van der Waals surface area contributed by atoms with Gasteiger partial charge in [-0.15, -0.1) is 0 Å². The van der Waals surface area contributed by atoms with Gasteiger partial charge in [0.05, 0.1) is 11.1 Å². The standard InChI is InChI=1S/C13H18N2O2/c1-15-5-4-11(14-15)8-13(12(16)17)7-9-2-3-10(13)6-9/h4-5,9-10H,2-3,6-8H2,1H3,(H,16,17). The first-order valence-corrected chi connectivity index (χ1v) is 6.32. The van der Waals surface area contributed by atoms with Crippen molar-refractivity contribution in [3.8, 4) is 0 Å². The first-order valence-electron chi connectivity index (χ1n) is 6.32. The molecule has 0 saturated heterocycles. The van der Waals surface area contributed by atoms with Crippen molar-refractivity contribution < 1.29 is 9.90 Å². The molecule has 0 amide bonds. The number of hydrogen-bond donors (Lipinski definition) is 1. The Balaban J connectivity index is 1.89. The monoisotopic (exact) mass is 234 g/mol. The minimum Gasteiger partial charge on any atom is -0.481 e. The van der Waals surface area contributed by atoms with Gasteiger partial charge in [-0.2, -0.15) is 5.10 Å². The minimum absolute atomic E-state index is 0.368. The number of nitrogens with zero attached hydrogens (tertiary/aromatic N) is 2. The molecule has 2 aliphatic rings. The molecule has 0 aliphatic heterocycles. The summed E-state index contributed by atoms with van der Waals surface area (Å²) in [4.78, 5) is 11.7. The summed E-state index contributed by atoms with van der Waals surface area (Å²) < 4.78 is 1.75. The largest absolute Gasteiger partial charge is 0.481 e. The Morgan fingerprint density at radius 2 is 2.47 bits per heavy atom. The van der Waals surface area contributed by atoms with Crippen LogP contribution in [-0.2, 0) is 18.3 Å². The molecular weight excluding hydrogens is 216 g/mol. The van der Waals surface area contributed by atoms with Crippen molar-refractivity contribution in [1.82, 2.24) is 9.78 Å². The highest BCUT2D eigenvalue weighted by Crippen LogP contribution is 2.57. The summed E-state index contributed by atoms with van der Waals surface area (Å²) in [6.07, 6.45) is 6.76. The second kappa shape index (κ2) is 3.59. The molecule has 0 radical (unpaired) electrons. The summed E-state index contributed by atoms with van der Waals surface area (Å²) in [5, 5.41) is 14.0. The molecule has 4 nitrogen and oxygen atoms in total. The van der Waals surface area contributed by atoms with Gasteiger partial charge >= 0.3 is 5.97 Å². The SMILES string of the molecule is Cn1ccc(CC2(C(=O)O)CC3CCC2C3)n1. The number of rotatable bonds is 3. The highest BCUT2D eigenvalue weighted by molar-refractivity contribution is 5.76. The number of carboxylic acids is 1. The maximum atomic E-state index is 11.7. The molecule has 1 N–H and O–H groups in total. The molecule has 3 unspecified atom stereocenters. The third-order valence-corrected chi connectivity index (χ3v) is 4.67. The fourth-order valence-corrected chi connectivity index (χ4v) is 3.88. The van der Waals surface area contributed by atoms with Crippen LogP contribution < -0.4 is 0 Å². The van der Waals surface area contributed by atoms with E-state index >= 15 is 0 Å². The van der Waals surface area contributed by atoms with Crippen molar-refractivity contribution in [3.05, 3.63) is 18.0 Å². The lowest BCUT2D eigenvalue weighted by Crippen LogP contribution is -2.38. The zero-order valence-electron chi connectivity index (χ0n) is 10.1. The van der Waals surface area contributed by atoms with Gasteiger partial charge in [0.2, 0.25) is 0 Å². The highest BCUT2D eigenvalue weighted by Gasteiger charge is 2.55. The molecule has 4 heteroatoms. The Labute approximate surface area is 101 Å². The lowest BCUT2D eigenvalue weighted by Gasteiger charge is -2.32. The molecular formula is C13H18N2O2. The van der Waals surface area contributed by atoms with E-state index < -0.39 is 11.4 Å². The predicted octanol–water partition coefficient (Wildman–Crippen LogP) is 1.85. The molecule has 2 bridgehead atoms. The lowest BCUT2D eigenvalue weighted by molar-refractivity contribution is -0.152.